The molecule has 1 amide bonds. The molecule has 11 heteroatoms. The van der Waals surface area contributed by atoms with Crippen LogP contribution in [-0.4, -0.2) is 63.0 Å². The molecule has 2 aromatic heterocycles. The van der Waals surface area contributed by atoms with Gasteiger partial charge in [0.1, 0.15) is 12.2 Å². The van der Waals surface area contributed by atoms with Crippen LogP contribution in [0.1, 0.15) is 52.5 Å². The lowest BCUT2D eigenvalue weighted by atomic mass is 9.97. The quantitative estimate of drug-likeness (QED) is 0.501. The number of piperidine rings is 1. The molecule has 0 saturated carbocycles. The molecule has 0 N–H and O–H groups in total. The zero-order valence-corrected chi connectivity index (χ0v) is 20.9. The van der Waals surface area contributed by atoms with Gasteiger partial charge in [-0.3, -0.25) is 14.5 Å². The molecule has 0 radical (unpaired) electrons. The molecule has 190 valence electrons. The first-order valence-corrected chi connectivity index (χ1v) is 12.8. The maximum atomic E-state index is 12.9. The molecular weight excluding hydrogens is 489 g/mol. The molecule has 2 aliphatic heterocycles. The Morgan fingerprint density at radius 3 is 2.56 bits per heavy atom. The van der Waals surface area contributed by atoms with E-state index in [1.54, 1.807) is 16.2 Å². The second-order valence-corrected chi connectivity index (χ2v) is 10.1. The molecule has 0 aliphatic carbocycles. The number of nitrogens with zero attached hydrogens (tertiary/aromatic N) is 6. The van der Waals surface area contributed by atoms with Crippen LogP contribution in [-0.2, 0) is 17.5 Å². The number of amidine groups is 1. The van der Waals surface area contributed by atoms with Crippen LogP contribution < -0.4 is 0 Å². The first-order chi connectivity index (χ1) is 17.2. The molecule has 0 bridgehead atoms. The Bertz CT molecular complexity index is 1260. The van der Waals surface area contributed by atoms with Crippen molar-refractivity contribution in [2.75, 3.05) is 26.7 Å². The summed E-state index contributed by atoms with van der Waals surface area (Å²) in [5.41, 5.74) is 1.45. The summed E-state index contributed by atoms with van der Waals surface area (Å²) >= 11 is 1.62. The number of thiazole rings is 1. The van der Waals surface area contributed by atoms with Crippen LogP contribution in [0.25, 0.3) is 0 Å². The molecule has 36 heavy (non-hydrogen) atoms. The molecule has 0 spiro atoms. The predicted octanol–water partition coefficient (Wildman–Crippen LogP) is 4.51. The number of carbonyl (C=O) groups is 1. The van der Waals surface area contributed by atoms with Crippen molar-refractivity contribution in [3.05, 3.63) is 69.4 Å². The number of aliphatic imine (C=N–C) groups is 1. The van der Waals surface area contributed by atoms with Crippen molar-refractivity contribution in [1.82, 2.24) is 24.6 Å². The summed E-state index contributed by atoms with van der Waals surface area (Å²) in [6.45, 7) is 3.12. The molecular formula is C25H27F3N6OS. The Labute approximate surface area is 211 Å². The van der Waals surface area contributed by atoms with Crippen molar-refractivity contribution in [3.63, 3.8) is 0 Å². The number of carbonyl (C=O) groups excluding carboxylic acids is 1. The van der Waals surface area contributed by atoms with Gasteiger partial charge in [0.25, 0.3) is 0 Å². The normalized spacial score (nSPS) is 19.1. The van der Waals surface area contributed by atoms with E-state index in [0.717, 1.165) is 40.1 Å². The van der Waals surface area contributed by atoms with Gasteiger partial charge >= 0.3 is 6.18 Å². The van der Waals surface area contributed by atoms with Crippen molar-refractivity contribution < 1.29 is 18.0 Å². The minimum absolute atomic E-state index is 0.192. The number of hydrogen-bond acceptors (Lipinski definition) is 6. The van der Waals surface area contributed by atoms with E-state index in [2.05, 4.69) is 22.1 Å². The van der Waals surface area contributed by atoms with E-state index in [1.165, 1.54) is 12.5 Å². The highest BCUT2D eigenvalue weighted by molar-refractivity contribution is 7.09. The fourth-order valence-corrected chi connectivity index (χ4v) is 5.78. The van der Waals surface area contributed by atoms with E-state index in [-0.39, 0.29) is 24.4 Å². The van der Waals surface area contributed by atoms with E-state index in [4.69, 9.17) is 9.98 Å². The molecule has 1 fully saturated rings. The summed E-state index contributed by atoms with van der Waals surface area (Å²) in [7, 11) is 2.05. The lowest BCUT2D eigenvalue weighted by molar-refractivity contribution is -0.142. The molecule has 3 aromatic rings. The maximum absolute atomic E-state index is 12.9. The summed E-state index contributed by atoms with van der Waals surface area (Å²) in [6.07, 6.45) is -3.00. The number of likely N-dealkylation sites (tertiary alicyclic amines) is 1. The standard InChI is InChI=1S/C25H27F3N6OS/c1-16-12-21(25(26,27)28)31-34(16)14-22(35)33-10-8-18(9-11-33)24-30-19(15-36-24)23-29-13-20(32(23)2)17-6-4-3-5-7-17/h3-7,12,15,18,20H,8-11,13-14H2,1-2H3. The summed E-state index contributed by atoms with van der Waals surface area (Å²) in [6, 6.07) is 11.5. The van der Waals surface area contributed by atoms with Crippen LogP contribution in [0.15, 0.2) is 46.8 Å². The first-order valence-electron chi connectivity index (χ1n) is 11.9. The van der Waals surface area contributed by atoms with Gasteiger partial charge in [-0.2, -0.15) is 18.3 Å². The molecule has 1 atom stereocenters. The molecule has 1 saturated heterocycles. The van der Waals surface area contributed by atoms with Crippen molar-refractivity contribution in [2.24, 2.45) is 4.99 Å². The van der Waals surface area contributed by atoms with Gasteiger partial charge in [-0.05, 0) is 31.4 Å². The van der Waals surface area contributed by atoms with Crippen molar-refractivity contribution in [1.29, 1.82) is 0 Å². The average Bonchev–Trinajstić information content (AvgIpc) is 3.58. The highest BCUT2D eigenvalue weighted by Gasteiger charge is 2.35. The first kappa shape index (κ1) is 24.5. The van der Waals surface area contributed by atoms with E-state index in [0.29, 0.717) is 25.3 Å². The fraction of sp³-hybridized carbons (Fsp3) is 0.440. The van der Waals surface area contributed by atoms with E-state index in [9.17, 15) is 18.0 Å². The minimum atomic E-state index is -4.52. The molecule has 7 nitrogen and oxygen atoms in total. The number of aromatic nitrogens is 3. The number of alkyl halides is 3. The van der Waals surface area contributed by atoms with Gasteiger partial charge in [-0.1, -0.05) is 30.3 Å². The van der Waals surface area contributed by atoms with Gasteiger partial charge in [0, 0.05) is 37.1 Å². The van der Waals surface area contributed by atoms with Gasteiger partial charge in [0.15, 0.2) is 11.5 Å². The van der Waals surface area contributed by atoms with E-state index >= 15 is 0 Å². The smallest absolute Gasteiger partial charge is 0.349 e. The molecule has 2 aliphatic rings. The SMILES string of the molecule is Cc1cc(C(F)(F)F)nn1CC(=O)N1CCC(c2nc(C3=NCC(c4ccccc4)N3C)cs2)CC1. The molecule has 1 unspecified atom stereocenters. The second-order valence-electron chi connectivity index (χ2n) is 9.25. The van der Waals surface area contributed by atoms with Gasteiger partial charge in [0.05, 0.1) is 17.6 Å². The van der Waals surface area contributed by atoms with Gasteiger partial charge in [0.2, 0.25) is 5.91 Å². The molecule has 1 aromatic carbocycles. The third kappa shape index (κ3) is 4.88. The minimum Gasteiger partial charge on any atom is -0.349 e. The number of aryl methyl sites for hydroxylation is 1. The van der Waals surface area contributed by atoms with Crippen LogP contribution in [0, 0.1) is 6.92 Å². The van der Waals surface area contributed by atoms with Gasteiger partial charge < -0.3 is 9.80 Å². The Morgan fingerprint density at radius 2 is 1.89 bits per heavy atom. The van der Waals surface area contributed by atoms with Crippen LogP contribution >= 0.6 is 11.3 Å². The number of hydrogen-bond donors (Lipinski definition) is 0. The Hall–Kier alpha value is -3.21. The Balaban J connectivity index is 1.17. The van der Waals surface area contributed by atoms with Crippen molar-refractivity contribution >= 4 is 23.1 Å². The molecule has 4 heterocycles. The van der Waals surface area contributed by atoms with Crippen molar-refractivity contribution in [2.45, 2.75) is 44.4 Å². The van der Waals surface area contributed by atoms with Crippen LogP contribution in [0.5, 0.6) is 0 Å². The number of likely N-dealkylation sites (N-methyl/N-ethyl adjacent to an activating group) is 1. The summed E-state index contributed by atoms with van der Waals surface area (Å²) in [5.74, 6) is 0.919. The van der Waals surface area contributed by atoms with Gasteiger partial charge in [-0.15, -0.1) is 11.3 Å². The number of benzene rings is 1. The summed E-state index contributed by atoms with van der Waals surface area (Å²) < 4.78 is 39.9. The second kappa shape index (κ2) is 9.68. The summed E-state index contributed by atoms with van der Waals surface area (Å²) in [5, 5.41) is 6.66. The Kier molecular flexibility index (Phi) is 6.59. The molecule has 5 rings (SSSR count). The Morgan fingerprint density at radius 1 is 1.17 bits per heavy atom. The largest absolute Gasteiger partial charge is 0.435 e. The van der Waals surface area contributed by atoms with Gasteiger partial charge in [-0.25, -0.2) is 4.98 Å². The highest BCUT2D eigenvalue weighted by Crippen LogP contribution is 2.33. The highest BCUT2D eigenvalue weighted by atomic mass is 32.1. The van der Waals surface area contributed by atoms with Crippen LogP contribution in [0.2, 0.25) is 0 Å². The number of rotatable bonds is 5. The third-order valence-electron chi connectivity index (χ3n) is 6.90. The lowest BCUT2D eigenvalue weighted by Gasteiger charge is -2.31. The van der Waals surface area contributed by atoms with Crippen molar-refractivity contribution in [3.8, 4) is 0 Å². The van der Waals surface area contributed by atoms with Crippen LogP contribution in [0.3, 0.4) is 0 Å². The fourth-order valence-electron chi connectivity index (χ4n) is 4.81. The third-order valence-corrected chi connectivity index (χ3v) is 7.91. The lowest BCUT2D eigenvalue weighted by Crippen LogP contribution is -2.40. The number of amides is 1. The van der Waals surface area contributed by atoms with E-state index in [1.807, 2.05) is 30.6 Å². The number of halogens is 3. The summed E-state index contributed by atoms with van der Waals surface area (Å²) in [4.78, 5) is 26.3. The average molecular weight is 517 g/mol. The predicted molar refractivity (Wildman–Crippen MR) is 131 cm³/mol. The monoisotopic (exact) mass is 516 g/mol. The zero-order valence-electron chi connectivity index (χ0n) is 20.1. The topological polar surface area (TPSA) is 66.6 Å². The van der Waals surface area contributed by atoms with E-state index < -0.39 is 11.9 Å². The zero-order chi connectivity index (χ0) is 25.4. The maximum Gasteiger partial charge on any atom is 0.435 e. The van der Waals surface area contributed by atoms with Crippen LogP contribution in [0.4, 0.5) is 13.2 Å².